The van der Waals surface area contributed by atoms with Gasteiger partial charge in [0.2, 0.25) is 11.9 Å². The molecule has 23 heavy (non-hydrogen) atoms. The van der Waals surface area contributed by atoms with Gasteiger partial charge in [0.15, 0.2) is 0 Å². The van der Waals surface area contributed by atoms with Gasteiger partial charge in [-0.05, 0) is 24.6 Å². The van der Waals surface area contributed by atoms with Gasteiger partial charge < -0.3 is 15.8 Å². The summed E-state index contributed by atoms with van der Waals surface area (Å²) in [6, 6.07) is 5.30. The summed E-state index contributed by atoms with van der Waals surface area (Å²) >= 11 is 0. The minimum absolute atomic E-state index is 0.0873. The number of ether oxygens (including phenoxy) is 1. The Bertz CT molecular complexity index is 789. The van der Waals surface area contributed by atoms with Gasteiger partial charge in [-0.15, -0.1) is 0 Å². The molecule has 1 amide bonds. The average molecular weight is 320 g/mol. The van der Waals surface area contributed by atoms with E-state index in [1.165, 1.54) is 25.3 Å². The van der Waals surface area contributed by atoms with Gasteiger partial charge in [-0.25, -0.2) is 9.37 Å². The number of benzene rings is 1. The van der Waals surface area contributed by atoms with Gasteiger partial charge >= 0.3 is 0 Å². The molecule has 0 aliphatic heterocycles. The standard InChI is InChI=1S/C15H17FN4O3/c1-9-3-4-10(16)5-12(9)19-13(21)7-20-14(22)6-11(8-23-2)18-15(20)17/h3-6H,7-8H2,1-2H3,(H2,17,18)(H,19,21). The van der Waals surface area contributed by atoms with Crippen molar-refractivity contribution in [2.75, 3.05) is 18.2 Å². The van der Waals surface area contributed by atoms with E-state index in [0.717, 1.165) is 4.57 Å². The van der Waals surface area contributed by atoms with Crippen LogP contribution >= 0.6 is 0 Å². The van der Waals surface area contributed by atoms with Crippen molar-refractivity contribution in [1.29, 1.82) is 0 Å². The van der Waals surface area contributed by atoms with Crippen molar-refractivity contribution in [3.63, 3.8) is 0 Å². The molecule has 0 saturated carbocycles. The summed E-state index contributed by atoms with van der Waals surface area (Å²) in [5.41, 5.74) is 6.67. The number of amides is 1. The number of halogens is 1. The first-order valence-corrected chi connectivity index (χ1v) is 6.82. The van der Waals surface area contributed by atoms with Gasteiger partial charge in [0.05, 0.1) is 12.3 Å². The van der Waals surface area contributed by atoms with Crippen molar-refractivity contribution in [3.8, 4) is 0 Å². The Hall–Kier alpha value is -2.74. The van der Waals surface area contributed by atoms with Crippen molar-refractivity contribution in [1.82, 2.24) is 9.55 Å². The number of carbonyl (C=O) groups is 1. The normalized spacial score (nSPS) is 10.6. The second-order valence-corrected chi connectivity index (χ2v) is 4.97. The van der Waals surface area contributed by atoms with Crippen molar-refractivity contribution in [3.05, 3.63) is 51.7 Å². The predicted octanol–water partition coefficient (Wildman–Crippen LogP) is 1.06. The molecule has 0 unspecified atom stereocenters. The lowest BCUT2D eigenvalue weighted by molar-refractivity contribution is -0.116. The van der Waals surface area contributed by atoms with Crippen LogP contribution in [0, 0.1) is 12.7 Å². The summed E-state index contributed by atoms with van der Waals surface area (Å²) in [4.78, 5) is 28.0. The van der Waals surface area contributed by atoms with Crippen LogP contribution in [0.15, 0.2) is 29.1 Å². The third kappa shape index (κ3) is 4.13. The first-order valence-electron chi connectivity index (χ1n) is 6.82. The molecule has 0 spiro atoms. The number of nitrogens with one attached hydrogen (secondary N) is 1. The lowest BCUT2D eigenvalue weighted by atomic mass is 10.2. The largest absolute Gasteiger partial charge is 0.378 e. The average Bonchev–Trinajstić information content (AvgIpc) is 2.47. The van der Waals surface area contributed by atoms with Crippen LogP contribution in [-0.2, 0) is 22.7 Å². The maximum absolute atomic E-state index is 13.2. The number of anilines is 2. The maximum atomic E-state index is 13.2. The minimum Gasteiger partial charge on any atom is -0.378 e. The van der Waals surface area contributed by atoms with Crippen molar-refractivity contribution in [2.45, 2.75) is 20.1 Å². The topological polar surface area (TPSA) is 99.2 Å². The van der Waals surface area contributed by atoms with Gasteiger partial charge in [-0.3, -0.25) is 14.2 Å². The molecule has 0 radical (unpaired) electrons. The fourth-order valence-corrected chi connectivity index (χ4v) is 2.02. The van der Waals surface area contributed by atoms with Crippen LogP contribution in [0.3, 0.4) is 0 Å². The summed E-state index contributed by atoms with van der Waals surface area (Å²) < 4.78 is 19.1. The van der Waals surface area contributed by atoms with Crippen LogP contribution in [0.1, 0.15) is 11.3 Å². The number of aromatic nitrogens is 2. The molecule has 0 aliphatic rings. The summed E-state index contributed by atoms with van der Waals surface area (Å²) in [7, 11) is 1.47. The minimum atomic E-state index is -0.506. The summed E-state index contributed by atoms with van der Waals surface area (Å²) in [6.07, 6.45) is 0. The quantitative estimate of drug-likeness (QED) is 0.858. The molecule has 0 saturated heterocycles. The Kier molecular flexibility index (Phi) is 5.07. The van der Waals surface area contributed by atoms with Crippen molar-refractivity contribution in [2.24, 2.45) is 0 Å². The van der Waals surface area contributed by atoms with E-state index < -0.39 is 17.3 Å². The first-order chi connectivity index (χ1) is 10.9. The molecule has 0 bridgehead atoms. The Labute approximate surface area is 131 Å². The number of nitrogen functional groups attached to an aromatic ring is 1. The SMILES string of the molecule is COCc1cc(=O)n(CC(=O)Nc2cc(F)ccc2C)c(N)n1. The van der Waals surface area contributed by atoms with E-state index in [2.05, 4.69) is 10.3 Å². The van der Waals surface area contributed by atoms with E-state index >= 15 is 0 Å². The molecular formula is C15H17FN4O3. The highest BCUT2D eigenvalue weighted by molar-refractivity contribution is 5.91. The van der Waals surface area contributed by atoms with Gasteiger partial charge in [-0.2, -0.15) is 0 Å². The van der Waals surface area contributed by atoms with Crippen LogP contribution in [0.2, 0.25) is 0 Å². The monoisotopic (exact) mass is 320 g/mol. The first kappa shape index (κ1) is 16.6. The molecule has 2 aromatic rings. The Morgan fingerprint density at radius 2 is 2.17 bits per heavy atom. The molecule has 1 aromatic heterocycles. The third-order valence-corrected chi connectivity index (χ3v) is 3.16. The highest BCUT2D eigenvalue weighted by Crippen LogP contribution is 2.16. The lowest BCUT2D eigenvalue weighted by Crippen LogP contribution is -2.30. The van der Waals surface area contributed by atoms with E-state index in [1.807, 2.05) is 0 Å². The maximum Gasteiger partial charge on any atom is 0.255 e. The predicted molar refractivity (Wildman–Crippen MR) is 83.4 cm³/mol. The van der Waals surface area contributed by atoms with E-state index in [0.29, 0.717) is 16.9 Å². The van der Waals surface area contributed by atoms with Gasteiger partial charge in [0, 0.05) is 18.9 Å². The van der Waals surface area contributed by atoms with E-state index in [9.17, 15) is 14.0 Å². The smallest absolute Gasteiger partial charge is 0.255 e. The highest BCUT2D eigenvalue weighted by Gasteiger charge is 2.12. The zero-order chi connectivity index (χ0) is 17.0. The van der Waals surface area contributed by atoms with Gasteiger partial charge in [-0.1, -0.05) is 6.07 Å². The number of hydrogen-bond donors (Lipinski definition) is 2. The molecule has 3 N–H and O–H groups in total. The molecule has 0 aliphatic carbocycles. The number of nitrogens with zero attached hydrogens (tertiary/aromatic N) is 2. The second-order valence-electron chi connectivity index (χ2n) is 4.97. The van der Waals surface area contributed by atoms with Crippen LogP contribution in [0.25, 0.3) is 0 Å². The molecule has 122 valence electrons. The van der Waals surface area contributed by atoms with Crippen molar-refractivity contribution >= 4 is 17.5 Å². The van der Waals surface area contributed by atoms with Gasteiger partial charge in [0.25, 0.3) is 5.56 Å². The second kappa shape index (κ2) is 7.01. The van der Waals surface area contributed by atoms with Gasteiger partial charge in [0.1, 0.15) is 12.4 Å². The van der Waals surface area contributed by atoms with Crippen LogP contribution < -0.4 is 16.6 Å². The molecule has 8 heteroatoms. The zero-order valence-electron chi connectivity index (χ0n) is 12.8. The Balaban J connectivity index is 2.17. The number of hydrogen-bond acceptors (Lipinski definition) is 5. The summed E-state index contributed by atoms with van der Waals surface area (Å²) in [6.45, 7) is 1.56. The molecule has 0 fully saturated rings. The summed E-state index contributed by atoms with van der Waals surface area (Å²) in [5, 5.41) is 2.55. The Morgan fingerprint density at radius 1 is 1.43 bits per heavy atom. The molecule has 2 rings (SSSR count). The number of nitrogens with two attached hydrogens (primary N) is 1. The molecular weight excluding hydrogens is 303 g/mol. The van der Waals surface area contributed by atoms with E-state index in [-0.39, 0.29) is 19.1 Å². The fraction of sp³-hybridized carbons (Fsp3) is 0.267. The number of rotatable bonds is 5. The highest BCUT2D eigenvalue weighted by atomic mass is 19.1. The van der Waals surface area contributed by atoms with Crippen LogP contribution in [0.5, 0.6) is 0 Å². The van der Waals surface area contributed by atoms with E-state index in [1.54, 1.807) is 13.0 Å². The van der Waals surface area contributed by atoms with Crippen molar-refractivity contribution < 1.29 is 13.9 Å². The molecule has 0 atom stereocenters. The van der Waals surface area contributed by atoms with Crippen LogP contribution in [0.4, 0.5) is 16.0 Å². The molecule has 1 aromatic carbocycles. The number of aryl methyl sites for hydroxylation is 1. The molecule has 1 heterocycles. The lowest BCUT2D eigenvalue weighted by Gasteiger charge is -2.12. The number of carbonyl (C=O) groups excluding carboxylic acids is 1. The Morgan fingerprint density at radius 3 is 2.83 bits per heavy atom. The number of methoxy groups -OCH3 is 1. The van der Waals surface area contributed by atoms with Crippen LogP contribution in [-0.4, -0.2) is 22.6 Å². The fourth-order valence-electron chi connectivity index (χ4n) is 2.02. The van der Waals surface area contributed by atoms with E-state index in [4.69, 9.17) is 10.5 Å². The third-order valence-electron chi connectivity index (χ3n) is 3.16. The summed E-state index contributed by atoms with van der Waals surface area (Å²) in [5.74, 6) is -1.06. The zero-order valence-corrected chi connectivity index (χ0v) is 12.8. The molecule has 7 nitrogen and oxygen atoms in total.